The second-order valence-corrected chi connectivity index (χ2v) is 12.2. The first-order valence-corrected chi connectivity index (χ1v) is 14.8. The summed E-state index contributed by atoms with van der Waals surface area (Å²) in [5, 5.41) is 19.4. The van der Waals surface area contributed by atoms with E-state index in [0.717, 1.165) is 50.9 Å². The van der Waals surface area contributed by atoms with Crippen LogP contribution < -0.4 is 5.32 Å². The van der Waals surface area contributed by atoms with Crippen molar-refractivity contribution in [2.75, 3.05) is 26.2 Å². The first-order chi connectivity index (χ1) is 18.7. The minimum Gasteiger partial charge on any atom is -0.441 e. The minimum atomic E-state index is -0.234. The first kappa shape index (κ1) is 28.9. The zero-order valence-electron chi connectivity index (χ0n) is 21.7. The predicted octanol–water partition coefficient (Wildman–Crippen LogP) is 6.48. The molecule has 210 valence electrons. The number of likely N-dealkylation sites (tertiary alicyclic amines) is 1. The second-order valence-electron chi connectivity index (χ2n) is 10.7. The molecule has 4 heterocycles. The van der Waals surface area contributed by atoms with E-state index in [9.17, 15) is 9.90 Å². The third-order valence-electron chi connectivity index (χ3n) is 7.98. The molecule has 5 rings (SSSR count). The number of aryl methyl sites for hydroxylation is 1. The fourth-order valence-electron chi connectivity index (χ4n) is 5.92. The van der Waals surface area contributed by atoms with E-state index in [4.69, 9.17) is 50.8 Å². The van der Waals surface area contributed by atoms with Gasteiger partial charge in [0.1, 0.15) is 0 Å². The lowest BCUT2D eigenvalue weighted by Gasteiger charge is -2.38. The molecule has 11 heteroatoms. The van der Waals surface area contributed by atoms with Gasteiger partial charge in [0.25, 0.3) is 0 Å². The van der Waals surface area contributed by atoms with Crippen LogP contribution in [0.1, 0.15) is 54.1 Å². The highest BCUT2D eigenvalue weighted by atomic mass is 35.5. The van der Waals surface area contributed by atoms with Gasteiger partial charge in [0, 0.05) is 26.1 Å². The Kier molecular flexibility index (Phi) is 9.28. The third-order valence-corrected chi connectivity index (χ3v) is 9.28. The fourth-order valence-corrected chi connectivity index (χ4v) is 6.72. The Morgan fingerprint density at radius 1 is 1.18 bits per heavy atom. The lowest BCUT2D eigenvalue weighted by molar-refractivity contribution is 0.0670. The molecular formula is C28H32Cl4N4O3. The number of Topliss-reactive ketones (excluding diaryl/α,β-unsaturated/α-hetero) is 1. The maximum atomic E-state index is 13.4. The average molecular weight is 614 g/mol. The van der Waals surface area contributed by atoms with Crippen molar-refractivity contribution in [2.24, 2.45) is 13.0 Å². The summed E-state index contributed by atoms with van der Waals surface area (Å²) >= 11 is 25.3. The van der Waals surface area contributed by atoms with Crippen LogP contribution in [0.25, 0.3) is 11.3 Å². The van der Waals surface area contributed by atoms with Gasteiger partial charge in [0.05, 0.1) is 38.6 Å². The molecular weight excluding hydrogens is 582 g/mol. The maximum Gasteiger partial charge on any atom is 0.203 e. The number of halogens is 4. The molecule has 39 heavy (non-hydrogen) atoms. The summed E-state index contributed by atoms with van der Waals surface area (Å²) in [6.07, 6.45) is 5.31. The summed E-state index contributed by atoms with van der Waals surface area (Å²) in [5.41, 5.74) is 2.21. The molecule has 2 aliphatic heterocycles. The topological polar surface area (TPSA) is 83.5 Å². The molecule has 0 radical (unpaired) electrons. The molecule has 0 aliphatic carbocycles. The fraction of sp³-hybridized carbons (Fsp3) is 0.500. The van der Waals surface area contributed by atoms with Crippen molar-refractivity contribution in [3.63, 3.8) is 0 Å². The number of aromatic nitrogens is 2. The van der Waals surface area contributed by atoms with Crippen molar-refractivity contribution in [1.29, 1.82) is 0 Å². The molecule has 2 N–H and O–H groups in total. The molecule has 1 aromatic carbocycles. The molecule has 7 nitrogen and oxygen atoms in total. The maximum absolute atomic E-state index is 13.4. The van der Waals surface area contributed by atoms with Crippen LogP contribution in [0.5, 0.6) is 0 Å². The largest absolute Gasteiger partial charge is 0.441 e. The average Bonchev–Trinajstić information content (AvgIpc) is 3.45. The van der Waals surface area contributed by atoms with E-state index in [0.29, 0.717) is 32.9 Å². The van der Waals surface area contributed by atoms with Crippen molar-refractivity contribution < 1.29 is 14.3 Å². The zero-order valence-corrected chi connectivity index (χ0v) is 24.7. The monoisotopic (exact) mass is 612 g/mol. The van der Waals surface area contributed by atoms with Crippen LogP contribution in [-0.4, -0.2) is 63.9 Å². The number of aliphatic hydroxyl groups is 1. The Morgan fingerprint density at radius 3 is 2.72 bits per heavy atom. The van der Waals surface area contributed by atoms with E-state index in [1.807, 2.05) is 18.2 Å². The van der Waals surface area contributed by atoms with Crippen molar-refractivity contribution in [3.8, 4) is 11.3 Å². The van der Waals surface area contributed by atoms with Gasteiger partial charge in [-0.1, -0.05) is 40.9 Å². The molecule has 2 fully saturated rings. The van der Waals surface area contributed by atoms with Gasteiger partial charge in [0.2, 0.25) is 5.22 Å². The summed E-state index contributed by atoms with van der Waals surface area (Å²) in [6, 6.07) is 7.67. The van der Waals surface area contributed by atoms with Gasteiger partial charge in [0.15, 0.2) is 11.5 Å². The number of aliphatic hydroxyl groups excluding tert-OH is 1. The Labute approximate surface area is 248 Å². The summed E-state index contributed by atoms with van der Waals surface area (Å²) in [6.45, 7) is 3.36. The number of carbonyl (C=O) groups excluding carboxylic acids is 1. The van der Waals surface area contributed by atoms with Crippen molar-refractivity contribution in [3.05, 3.63) is 62.1 Å². The molecule has 2 saturated heterocycles. The van der Waals surface area contributed by atoms with Crippen LogP contribution in [0.15, 0.2) is 34.9 Å². The van der Waals surface area contributed by atoms with Gasteiger partial charge in [-0.15, -0.1) is 0 Å². The van der Waals surface area contributed by atoms with E-state index in [1.165, 1.54) is 6.20 Å². The molecule has 2 aliphatic rings. The summed E-state index contributed by atoms with van der Waals surface area (Å²) < 4.78 is 7.29. The number of carbonyl (C=O) groups is 1. The van der Waals surface area contributed by atoms with Gasteiger partial charge in [-0.25, -0.2) is 0 Å². The molecule has 0 spiro atoms. The van der Waals surface area contributed by atoms with E-state index >= 15 is 0 Å². The Hall–Kier alpha value is -1.58. The van der Waals surface area contributed by atoms with Crippen molar-refractivity contribution in [1.82, 2.24) is 20.0 Å². The predicted molar refractivity (Wildman–Crippen MR) is 155 cm³/mol. The number of piperidine rings is 2. The van der Waals surface area contributed by atoms with Gasteiger partial charge in [-0.05, 0) is 92.5 Å². The summed E-state index contributed by atoms with van der Waals surface area (Å²) in [4.78, 5) is 15.8. The van der Waals surface area contributed by atoms with E-state index in [-0.39, 0.29) is 47.2 Å². The molecule has 3 aromatic rings. The Balaban J connectivity index is 1.31. The lowest BCUT2D eigenvalue weighted by atomic mass is 9.75. The van der Waals surface area contributed by atoms with Crippen LogP contribution in [0, 0.1) is 5.92 Å². The van der Waals surface area contributed by atoms with E-state index < -0.39 is 0 Å². The lowest BCUT2D eigenvalue weighted by Crippen LogP contribution is -2.46. The number of furan rings is 1. The van der Waals surface area contributed by atoms with Gasteiger partial charge in [-0.2, -0.15) is 5.10 Å². The summed E-state index contributed by atoms with van der Waals surface area (Å²) in [5.74, 6) is 0.207. The summed E-state index contributed by atoms with van der Waals surface area (Å²) in [7, 11) is 1.76. The second kappa shape index (κ2) is 12.5. The molecule has 2 unspecified atom stereocenters. The highest BCUT2D eigenvalue weighted by molar-refractivity contribution is 6.42. The van der Waals surface area contributed by atoms with Crippen LogP contribution >= 0.6 is 46.4 Å². The van der Waals surface area contributed by atoms with Crippen LogP contribution in [-0.2, 0) is 7.05 Å². The number of nitrogens with one attached hydrogen (secondary N) is 1. The van der Waals surface area contributed by atoms with Crippen LogP contribution in [0.2, 0.25) is 20.3 Å². The number of β-amino-alcohol motifs (C(OH)–C–C–N with tert-alkyl or cyclic N) is 1. The van der Waals surface area contributed by atoms with Crippen molar-refractivity contribution in [2.45, 2.75) is 50.2 Å². The number of hydrogen-bond donors (Lipinski definition) is 2. The van der Waals surface area contributed by atoms with Gasteiger partial charge in [-0.3, -0.25) is 9.48 Å². The normalized spacial score (nSPS) is 24.3. The smallest absolute Gasteiger partial charge is 0.203 e. The minimum absolute atomic E-state index is 0.0235. The molecule has 0 bridgehead atoms. The third kappa shape index (κ3) is 6.67. The van der Waals surface area contributed by atoms with Gasteiger partial charge < -0.3 is 19.7 Å². The highest BCUT2D eigenvalue weighted by Crippen LogP contribution is 2.40. The molecule has 4 atom stereocenters. The molecule has 2 aromatic heterocycles. The SMILES string of the molecule is Cn1ncc(Cl)c1-c1cc(C(=O)C[C@@H]2CNC(CCN3CCCC(O)C3)C[C@H]2c2ccc(Cl)c(Cl)c2)oc1Cl. The Bertz CT molecular complexity index is 1310. The van der Waals surface area contributed by atoms with Crippen LogP contribution in [0.4, 0.5) is 0 Å². The van der Waals surface area contributed by atoms with E-state index in [1.54, 1.807) is 17.8 Å². The Morgan fingerprint density at radius 2 is 2.00 bits per heavy atom. The number of hydrogen-bond acceptors (Lipinski definition) is 6. The van der Waals surface area contributed by atoms with Gasteiger partial charge >= 0.3 is 0 Å². The number of nitrogens with zero attached hydrogens (tertiary/aromatic N) is 3. The highest BCUT2D eigenvalue weighted by Gasteiger charge is 2.34. The first-order valence-electron chi connectivity index (χ1n) is 13.3. The van der Waals surface area contributed by atoms with Crippen molar-refractivity contribution >= 4 is 52.2 Å². The zero-order chi connectivity index (χ0) is 27.7. The molecule has 0 saturated carbocycles. The molecule has 0 amide bonds. The van der Waals surface area contributed by atoms with Crippen LogP contribution in [0.3, 0.4) is 0 Å². The number of benzene rings is 1. The quantitative estimate of drug-likeness (QED) is 0.283. The standard InChI is InChI=1S/C28H32Cl4N4O3/c1-35-27(24(31)14-34-35)21-12-26(39-28(21)32)25(38)10-17-13-33-18(6-8-36-7-2-3-19(37)15-36)11-20(17)16-4-5-22(29)23(30)9-16/h4-5,9,12,14,17-20,33,37H,2-3,6-8,10-11,13,15H2,1H3/t17-,18?,19?,20+/m1/s1. The van der Waals surface area contributed by atoms with E-state index in [2.05, 4.69) is 15.3 Å². The number of ketones is 1. The number of rotatable bonds is 8.